The molecule has 0 saturated heterocycles. The summed E-state index contributed by atoms with van der Waals surface area (Å²) in [4.78, 5) is 14.0. The molecule has 0 bridgehead atoms. The SMILES string of the molecule is Cc1c(C(=O)N(C)CC2CCC2)csc1S(N)(=O)=O. The van der Waals surface area contributed by atoms with E-state index in [0.717, 1.165) is 17.9 Å². The molecular weight excluding hydrogens is 284 g/mol. The van der Waals surface area contributed by atoms with Crippen molar-refractivity contribution in [2.45, 2.75) is 30.4 Å². The van der Waals surface area contributed by atoms with E-state index in [1.807, 2.05) is 0 Å². The first-order valence-electron chi connectivity index (χ1n) is 6.17. The summed E-state index contributed by atoms with van der Waals surface area (Å²) < 4.78 is 22.8. The van der Waals surface area contributed by atoms with Crippen molar-refractivity contribution in [1.82, 2.24) is 4.90 Å². The van der Waals surface area contributed by atoms with Gasteiger partial charge in [-0.2, -0.15) is 0 Å². The van der Waals surface area contributed by atoms with Crippen LogP contribution < -0.4 is 5.14 Å². The molecule has 0 atom stereocenters. The maximum Gasteiger partial charge on any atom is 0.254 e. The van der Waals surface area contributed by atoms with Crippen molar-refractivity contribution in [2.24, 2.45) is 11.1 Å². The van der Waals surface area contributed by atoms with E-state index in [0.29, 0.717) is 17.0 Å². The van der Waals surface area contributed by atoms with Gasteiger partial charge in [-0.3, -0.25) is 4.79 Å². The molecule has 106 valence electrons. The molecule has 5 nitrogen and oxygen atoms in total. The Bertz CT molecular complexity index is 588. The van der Waals surface area contributed by atoms with Crippen LogP contribution in [-0.4, -0.2) is 32.8 Å². The molecule has 0 spiro atoms. The molecule has 2 rings (SSSR count). The van der Waals surface area contributed by atoms with Crippen LogP contribution in [0.3, 0.4) is 0 Å². The van der Waals surface area contributed by atoms with Crippen LogP contribution in [0.5, 0.6) is 0 Å². The summed E-state index contributed by atoms with van der Waals surface area (Å²) in [6.45, 7) is 2.36. The van der Waals surface area contributed by atoms with Crippen molar-refractivity contribution >= 4 is 27.3 Å². The summed E-state index contributed by atoms with van der Waals surface area (Å²) >= 11 is 1.01. The lowest BCUT2D eigenvalue weighted by atomic mass is 9.85. The number of rotatable bonds is 4. The van der Waals surface area contributed by atoms with Gasteiger partial charge in [-0.25, -0.2) is 13.6 Å². The van der Waals surface area contributed by atoms with Gasteiger partial charge in [-0.1, -0.05) is 6.42 Å². The maximum atomic E-state index is 12.3. The first-order chi connectivity index (χ1) is 8.80. The Hall–Kier alpha value is -0.920. The molecule has 1 aliphatic carbocycles. The lowest BCUT2D eigenvalue weighted by molar-refractivity contribution is 0.0745. The van der Waals surface area contributed by atoms with Gasteiger partial charge in [0.15, 0.2) is 0 Å². The molecule has 1 heterocycles. The van der Waals surface area contributed by atoms with Crippen molar-refractivity contribution in [1.29, 1.82) is 0 Å². The zero-order chi connectivity index (χ0) is 14.2. The molecule has 0 aromatic carbocycles. The normalized spacial score (nSPS) is 16.2. The number of thiophene rings is 1. The third-order valence-corrected chi connectivity index (χ3v) is 6.27. The fourth-order valence-corrected chi connectivity index (χ4v) is 4.25. The summed E-state index contributed by atoms with van der Waals surface area (Å²) in [7, 11) is -1.98. The Labute approximate surface area is 117 Å². The average Bonchev–Trinajstić information content (AvgIpc) is 2.63. The Kier molecular flexibility index (Phi) is 3.98. The van der Waals surface area contributed by atoms with Crippen molar-refractivity contribution in [3.05, 3.63) is 16.5 Å². The molecule has 1 aromatic rings. The Morgan fingerprint density at radius 2 is 2.16 bits per heavy atom. The van der Waals surface area contributed by atoms with Crippen LogP contribution in [-0.2, 0) is 10.0 Å². The average molecular weight is 302 g/mol. The van der Waals surface area contributed by atoms with Crippen LogP contribution >= 0.6 is 11.3 Å². The first-order valence-corrected chi connectivity index (χ1v) is 8.59. The monoisotopic (exact) mass is 302 g/mol. The third kappa shape index (κ3) is 2.98. The van der Waals surface area contributed by atoms with E-state index in [1.165, 1.54) is 19.3 Å². The molecule has 1 saturated carbocycles. The quantitative estimate of drug-likeness (QED) is 0.917. The van der Waals surface area contributed by atoms with Crippen LogP contribution in [0.25, 0.3) is 0 Å². The largest absolute Gasteiger partial charge is 0.341 e. The summed E-state index contributed by atoms with van der Waals surface area (Å²) in [5.74, 6) is 0.459. The van der Waals surface area contributed by atoms with Crippen LogP contribution in [0.15, 0.2) is 9.59 Å². The fourth-order valence-electron chi connectivity index (χ4n) is 2.24. The summed E-state index contributed by atoms with van der Waals surface area (Å²) in [5.41, 5.74) is 0.897. The highest BCUT2D eigenvalue weighted by molar-refractivity contribution is 7.91. The molecule has 0 aliphatic heterocycles. The fraction of sp³-hybridized carbons (Fsp3) is 0.583. The first kappa shape index (κ1) is 14.5. The van der Waals surface area contributed by atoms with Crippen molar-refractivity contribution in [2.75, 3.05) is 13.6 Å². The van der Waals surface area contributed by atoms with Gasteiger partial charge in [0, 0.05) is 19.0 Å². The summed E-state index contributed by atoms with van der Waals surface area (Å²) in [5, 5.41) is 6.69. The van der Waals surface area contributed by atoms with Crippen molar-refractivity contribution in [3.8, 4) is 0 Å². The van der Waals surface area contributed by atoms with Gasteiger partial charge in [0.25, 0.3) is 5.91 Å². The lowest BCUT2D eigenvalue weighted by Crippen LogP contribution is -2.34. The molecule has 7 heteroatoms. The Morgan fingerprint density at radius 1 is 1.53 bits per heavy atom. The molecule has 1 amide bonds. The predicted octanol–water partition coefficient (Wildman–Crippen LogP) is 1.58. The van der Waals surface area contributed by atoms with E-state index in [2.05, 4.69) is 0 Å². The molecular formula is C12H18N2O3S2. The minimum atomic E-state index is -3.74. The topological polar surface area (TPSA) is 80.5 Å². The number of amides is 1. The van der Waals surface area contributed by atoms with E-state index in [9.17, 15) is 13.2 Å². The number of hydrogen-bond donors (Lipinski definition) is 1. The second-order valence-electron chi connectivity index (χ2n) is 5.09. The molecule has 1 fully saturated rings. The van der Waals surface area contributed by atoms with E-state index in [4.69, 9.17) is 5.14 Å². The third-order valence-electron chi connectivity index (χ3n) is 3.59. The Morgan fingerprint density at radius 3 is 2.58 bits per heavy atom. The van der Waals surface area contributed by atoms with Gasteiger partial charge >= 0.3 is 0 Å². The van der Waals surface area contributed by atoms with Crippen LogP contribution in [0.1, 0.15) is 35.2 Å². The van der Waals surface area contributed by atoms with Crippen LogP contribution in [0.4, 0.5) is 0 Å². The van der Waals surface area contributed by atoms with Gasteiger partial charge in [-0.15, -0.1) is 11.3 Å². The van der Waals surface area contributed by atoms with Crippen LogP contribution in [0.2, 0.25) is 0 Å². The standard InChI is InChI=1S/C12H18N2O3S2/c1-8-10(7-18-12(8)19(13,16)17)11(15)14(2)6-9-4-3-5-9/h7,9H,3-6H2,1-2H3,(H2,13,16,17). The van der Waals surface area contributed by atoms with Crippen molar-refractivity contribution in [3.63, 3.8) is 0 Å². The van der Waals surface area contributed by atoms with Gasteiger partial charge in [-0.05, 0) is 31.2 Å². The van der Waals surface area contributed by atoms with Gasteiger partial charge in [0.05, 0.1) is 5.56 Å². The molecule has 1 aromatic heterocycles. The predicted molar refractivity (Wildman–Crippen MR) is 74.7 cm³/mol. The second kappa shape index (κ2) is 5.22. The molecule has 1 aliphatic rings. The molecule has 19 heavy (non-hydrogen) atoms. The number of carbonyl (C=O) groups is 1. The lowest BCUT2D eigenvalue weighted by Gasteiger charge is -2.30. The minimum absolute atomic E-state index is 0.0768. The van der Waals surface area contributed by atoms with Gasteiger partial charge in [0.1, 0.15) is 4.21 Å². The summed E-state index contributed by atoms with van der Waals surface area (Å²) in [6.07, 6.45) is 3.57. The number of sulfonamides is 1. The van der Waals surface area contributed by atoms with E-state index < -0.39 is 10.0 Å². The highest BCUT2D eigenvalue weighted by Gasteiger charge is 2.25. The van der Waals surface area contributed by atoms with E-state index >= 15 is 0 Å². The van der Waals surface area contributed by atoms with E-state index in [-0.39, 0.29) is 10.1 Å². The molecule has 0 radical (unpaired) electrons. The number of hydrogen-bond acceptors (Lipinski definition) is 4. The zero-order valence-electron chi connectivity index (χ0n) is 11.0. The van der Waals surface area contributed by atoms with E-state index in [1.54, 1.807) is 24.3 Å². The zero-order valence-corrected chi connectivity index (χ0v) is 12.7. The highest BCUT2D eigenvalue weighted by Crippen LogP contribution is 2.29. The number of primary sulfonamides is 1. The minimum Gasteiger partial charge on any atom is -0.341 e. The van der Waals surface area contributed by atoms with Gasteiger partial charge < -0.3 is 4.90 Å². The van der Waals surface area contributed by atoms with Gasteiger partial charge in [0.2, 0.25) is 10.0 Å². The Balaban J connectivity index is 2.17. The van der Waals surface area contributed by atoms with Crippen LogP contribution in [0, 0.1) is 12.8 Å². The smallest absolute Gasteiger partial charge is 0.254 e. The number of nitrogens with zero attached hydrogens (tertiary/aromatic N) is 1. The highest BCUT2D eigenvalue weighted by atomic mass is 32.2. The van der Waals surface area contributed by atoms with Crippen molar-refractivity contribution < 1.29 is 13.2 Å². The molecule has 2 N–H and O–H groups in total. The second-order valence-corrected chi connectivity index (χ2v) is 7.73. The summed E-state index contributed by atoms with van der Waals surface area (Å²) in [6, 6.07) is 0. The number of carbonyl (C=O) groups excluding carboxylic acids is 1. The maximum absolute atomic E-state index is 12.3. The number of nitrogens with two attached hydrogens (primary N) is 1. The molecule has 0 unspecified atom stereocenters.